The number of carbonyl (C=O) groups is 7. The van der Waals surface area contributed by atoms with Gasteiger partial charge in [-0.1, -0.05) is 128 Å². The molecule has 11 unspecified atom stereocenters. The number of nitrogens with zero attached hydrogens (tertiary/aromatic N) is 1. The van der Waals surface area contributed by atoms with Gasteiger partial charge in [0.05, 0.1) is 47.6 Å². The summed E-state index contributed by atoms with van der Waals surface area (Å²) in [5.41, 5.74) is 0.255. The van der Waals surface area contributed by atoms with E-state index in [1.165, 1.54) is 0 Å². The topological polar surface area (TPSA) is 201 Å². The van der Waals surface area contributed by atoms with Crippen LogP contribution >= 0.6 is 0 Å². The van der Waals surface area contributed by atoms with E-state index in [4.69, 9.17) is 9.47 Å². The molecule has 1 heterocycles. The Morgan fingerprint density at radius 1 is 0.648 bits per heavy atom. The Kier molecular flexibility index (Phi) is 21.0. The third-order valence-corrected chi connectivity index (χ3v) is 16.1. The number of unbranched alkanes of at least 4 members (excludes halogenated alkanes) is 3. The standard InChI is InChI=1S/C56H88N6O9/c1-7-9-12-24-38(50(64)58-43(29-10-8-2)36(3)49(63)59-46-32-20-17-27-41(46)54(68)70-35-37-22-13-11-14-23-37)34-57-51(65)42-28-21-33-47-48(42)62(47)53(67)40-26-16-19-31-45(40)60-52(66)39-25-15-18-30-44(39)61-55(69)71-56(4,5)6/h11,13-14,22-23,36,38-48H,7-10,12,15-21,24-35H2,1-6H3,(H,57,65)(H,58,64)(H,59,63)(H,60,66)(H,61,69)/t36?,38?,39?,40?,41?,42?,43?,44?,45?,46-,47?,48?,62?/m0/s1. The van der Waals surface area contributed by atoms with Crippen LogP contribution in [0.25, 0.3) is 0 Å². The lowest BCUT2D eigenvalue weighted by atomic mass is 9.81. The summed E-state index contributed by atoms with van der Waals surface area (Å²) in [7, 11) is 0. The maximum Gasteiger partial charge on any atom is 0.407 e. The number of alkyl carbamates (subject to hydrolysis) is 1. The van der Waals surface area contributed by atoms with Gasteiger partial charge in [-0.2, -0.15) is 0 Å². The maximum absolute atomic E-state index is 14.5. The Balaban J connectivity index is 1.04. The van der Waals surface area contributed by atoms with Crippen molar-refractivity contribution in [2.24, 2.45) is 35.5 Å². The lowest BCUT2D eigenvalue weighted by Gasteiger charge is -2.36. The average molecular weight is 989 g/mol. The molecule has 5 fully saturated rings. The average Bonchev–Trinajstić information content (AvgIpc) is 4.10. The first kappa shape index (κ1) is 55.6. The first-order valence-corrected chi connectivity index (χ1v) is 27.8. The molecule has 0 spiro atoms. The largest absolute Gasteiger partial charge is 0.461 e. The number of ether oxygens (including phenoxy) is 2. The molecule has 6 rings (SSSR count). The zero-order chi connectivity index (χ0) is 51.1. The Morgan fingerprint density at radius 3 is 1.92 bits per heavy atom. The van der Waals surface area contributed by atoms with E-state index in [0.29, 0.717) is 57.8 Å². The van der Waals surface area contributed by atoms with Crippen LogP contribution in [0.5, 0.6) is 0 Å². The molecule has 1 aromatic rings. The van der Waals surface area contributed by atoms with Crippen LogP contribution in [0.3, 0.4) is 0 Å². The Labute approximate surface area is 424 Å². The summed E-state index contributed by atoms with van der Waals surface area (Å²) in [4.78, 5) is 98.8. The summed E-state index contributed by atoms with van der Waals surface area (Å²) in [5, 5.41) is 15.8. The van der Waals surface area contributed by atoms with Crippen LogP contribution in [-0.2, 0) is 44.8 Å². The normalized spacial score (nSPS) is 27.6. The van der Waals surface area contributed by atoms with Gasteiger partial charge in [0.25, 0.3) is 0 Å². The van der Waals surface area contributed by atoms with E-state index < -0.39 is 47.3 Å². The summed E-state index contributed by atoms with van der Waals surface area (Å²) in [5.74, 6) is -3.63. The number of rotatable bonds is 22. The number of likely N-dealkylation sites (tertiary alicyclic amines) is 1. The molecule has 4 aliphatic carbocycles. The Bertz CT molecular complexity index is 1940. The number of hydrogen-bond donors (Lipinski definition) is 5. The van der Waals surface area contributed by atoms with Crippen LogP contribution in [0.4, 0.5) is 4.79 Å². The summed E-state index contributed by atoms with van der Waals surface area (Å²) < 4.78 is 11.2. The lowest BCUT2D eigenvalue weighted by molar-refractivity contribution is -0.152. The van der Waals surface area contributed by atoms with Gasteiger partial charge in [0.1, 0.15) is 12.2 Å². The van der Waals surface area contributed by atoms with Gasteiger partial charge in [-0.25, -0.2) is 4.79 Å². The van der Waals surface area contributed by atoms with E-state index >= 15 is 0 Å². The van der Waals surface area contributed by atoms with Crippen LogP contribution < -0.4 is 26.6 Å². The van der Waals surface area contributed by atoms with Crippen LogP contribution in [-0.4, -0.2) is 94.9 Å². The minimum absolute atomic E-state index is 0.00636. The highest BCUT2D eigenvalue weighted by atomic mass is 16.6. The molecular formula is C56H88N6O9. The summed E-state index contributed by atoms with van der Waals surface area (Å²) in [6.45, 7) is 11.8. The van der Waals surface area contributed by atoms with Gasteiger partial charge in [-0.05, 0) is 90.5 Å². The number of hydrogen-bond acceptors (Lipinski definition) is 9. The number of fused-ring (bicyclic) bond motifs is 1. The molecule has 0 bridgehead atoms. The van der Waals surface area contributed by atoms with Gasteiger partial charge in [0, 0.05) is 30.7 Å². The van der Waals surface area contributed by atoms with Crippen molar-refractivity contribution in [3.8, 4) is 0 Å². The number of amides is 6. The van der Waals surface area contributed by atoms with Gasteiger partial charge in [0.2, 0.25) is 29.5 Å². The molecule has 4 saturated carbocycles. The monoisotopic (exact) mass is 989 g/mol. The molecule has 0 aromatic heterocycles. The lowest BCUT2D eigenvalue weighted by Crippen LogP contribution is -2.54. The second-order valence-electron chi connectivity index (χ2n) is 22.6. The second kappa shape index (κ2) is 26.8. The van der Waals surface area contributed by atoms with Crippen molar-refractivity contribution in [3.63, 3.8) is 0 Å². The molecule has 71 heavy (non-hydrogen) atoms. The number of nitrogens with one attached hydrogen (secondary N) is 5. The zero-order valence-electron chi connectivity index (χ0n) is 43.9. The molecule has 15 heteroatoms. The highest BCUT2D eigenvalue weighted by molar-refractivity contribution is 5.89. The molecule has 15 nitrogen and oxygen atoms in total. The Morgan fingerprint density at radius 2 is 1.25 bits per heavy atom. The summed E-state index contributed by atoms with van der Waals surface area (Å²) in [6, 6.07) is 7.89. The fourth-order valence-corrected chi connectivity index (χ4v) is 12.0. The minimum atomic E-state index is -0.654. The minimum Gasteiger partial charge on any atom is -0.461 e. The van der Waals surface area contributed by atoms with Gasteiger partial charge >= 0.3 is 12.1 Å². The maximum atomic E-state index is 14.5. The van der Waals surface area contributed by atoms with Crippen LogP contribution in [0, 0.1) is 35.5 Å². The van der Waals surface area contributed by atoms with E-state index in [-0.39, 0.29) is 84.8 Å². The van der Waals surface area contributed by atoms with Gasteiger partial charge in [-0.3, -0.25) is 28.8 Å². The van der Waals surface area contributed by atoms with Gasteiger partial charge < -0.3 is 41.0 Å². The van der Waals surface area contributed by atoms with Crippen LogP contribution in [0.2, 0.25) is 0 Å². The van der Waals surface area contributed by atoms with Crippen molar-refractivity contribution in [1.29, 1.82) is 0 Å². The molecule has 1 aliphatic heterocycles. The van der Waals surface area contributed by atoms with E-state index in [2.05, 4.69) is 40.4 Å². The molecule has 12 atom stereocenters. The summed E-state index contributed by atoms with van der Waals surface area (Å²) >= 11 is 0. The van der Waals surface area contributed by atoms with Crippen molar-refractivity contribution < 1.29 is 43.0 Å². The SMILES string of the molecule is CCCCCC(CNC(=O)C1CCCC2C1N2C(=O)C1CCCCC1NC(=O)C1CCCCC1NC(=O)OC(C)(C)C)C(=O)NC(CCCC)C(C)C(=O)N[C@H]1CCCCC1C(=O)OCc1ccccc1. The van der Waals surface area contributed by atoms with Gasteiger partial charge in [0.15, 0.2) is 0 Å². The summed E-state index contributed by atoms with van der Waals surface area (Å²) in [6.07, 6.45) is 16.8. The fraction of sp³-hybridized carbons (Fsp3) is 0.768. The molecule has 1 saturated heterocycles. The van der Waals surface area contributed by atoms with E-state index in [1.54, 1.807) is 0 Å². The van der Waals surface area contributed by atoms with E-state index in [0.717, 1.165) is 89.0 Å². The molecule has 6 amide bonds. The van der Waals surface area contributed by atoms with E-state index in [1.807, 2.05) is 62.9 Å². The first-order valence-electron chi connectivity index (χ1n) is 27.8. The van der Waals surface area contributed by atoms with Crippen molar-refractivity contribution in [2.75, 3.05) is 6.54 Å². The van der Waals surface area contributed by atoms with Crippen molar-refractivity contribution in [2.45, 2.75) is 231 Å². The Hall–Kier alpha value is -4.69. The van der Waals surface area contributed by atoms with Crippen molar-refractivity contribution in [3.05, 3.63) is 35.9 Å². The molecule has 5 N–H and O–H groups in total. The molecule has 1 aromatic carbocycles. The van der Waals surface area contributed by atoms with E-state index in [9.17, 15) is 33.6 Å². The zero-order valence-corrected chi connectivity index (χ0v) is 43.9. The molecule has 396 valence electrons. The van der Waals surface area contributed by atoms with Gasteiger partial charge in [-0.15, -0.1) is 0 Å². The number of benzene rings is 1. The predicted octanol–water partition coefficient (Wildman–Crippen LogP) is 8.17. The highest BCUT2D eigenvalue weighted by Crippen LogP contribution is 2.46. The highest BCUT2D eigenvalue weighted by Gasteiger charge is 2.59. The fourth-order valence-electron chi connectivity index (χ4n) is 12.0. The molecule has 5 aliphatic rings. The number of carbonyl (C=O) groups excluding carboxylic acids is 7. The number of esters is 1. The molecular weight excluding hydrogens is 901 g/mol. The second-order valence-corrected chi connectivity index (χ2v) is 22.6. The quantitative estimate of drug-likeness (QED) is 0.0432. The van der Waals surface area contributed by atoms with Crippen molar-refractivity contribution in [1.82, 2.24) is 31.5 Å². The van der Waals surface area contributed by atoms with Crippen molar-refractivity contribution >= 4 is 41.6 Å². The predicted molar refractivity (Wildman–Crippen MR) is 272 cm³/mol. The third-order valence-electron chi connectivity index (χ3n) is 16.1. The smallest absolute Gasteiger partial charge is 0.407 e. The van der Waals surface area contributed by atoms with Crippen LogP contribution in [0.15, 0.2) is 30.3 Å². The molecule has 0 radical (unpaired) electrons. The first-order chi connectivity index (χ1) is 34.1. The third kappa shape index (κ3) is 15.9. The van der Waals surface area contributed by atoms with Crippen LogP contribution in [0.1, 0.15) is 188 Å².